The lowest BCUT2D eigenvalue weighted by Gasteiger charge is -2.18. The maximum absolute atomic E-state index is 12.8. The van der Waals surface area contributed by atoms with Gasteiger partial charge in [0.15, 0.2) is 0 Å². The number of carbonyl (C=O) groups excluding carboxylic acids is 2. The number of ether oxygens (including phenoxy) is 1. The number of rotatable bonds is 5. The summed E-state index contributed by atoms with van der Waals surface area (Å²) in [4.78, 5) is 26.9. The molecule has 1 heterocycles. The van der Waals surface area contributed by atoms with Crippen LogP contribution in [0, 0.1) is 5.92 Å². The van der Waals surface area contributed by atoms with Crippen molar-refractivity contribution in [2.75, 3.05) is 16.8 Å². The topological polar surface area (TPSA) is 58.6 Å². The summed E-state index contributed by atoms with van der Waals surface area (Å²) in [6.45, 7) is 0.244. The lowest BCUT2D eigenvalue weighted by atomic mass is 10.1. The molecule has 2 amide bonds. The molecular weight excluding hydrogens is 471 g/mol. The number of fused-ring (bicyclic) bond motifs is 1. The van der Waals surface area contributed by atoms with Gasteiger partial charge in [0.05, 0.1) is 21.7 Å². The Morgan fingerprint density at radius 1 is 0.882 bits per heavy atom. The average molecular weight is 491 g/mol. The summed E-state index contributed by atoms with van der Waals surface area (Å²) < 4.78 is 5.96. The quantitative estimate of drug-likeness (QED) is 0.329. The van der Waals surface area contributed by atoms with Gasteiger partial charge < -0.3 is 15.0 Å². The van der Waals surface area contributed by atoms with E-state index < -0.39 is 5.92 Å². The highest BCUT2D eigenvalue weighted by Crippen LogP contribution is 2.36. The van der Waals surface area contributed by atoms with Crippen molar-refractivity contribution >= 4 is 57.2 Å². The Hall–Kier alpha value is -3.54. The first-order valence-corrected chi connectivity index (χ1v) is 11.6. The van der Waals surface area contributed by atoms with Crippen molar-refractivity contribution in [3.05, 3.63) is 95.0 Å². The summed E-state index contributed by atoms with van der Waals surface area (Å²) in [7, 11) is 0. The number of nitrogens with one attached hydrogen (secondary N) is 1. The van der Waals surface area contributed by atoms with Gasteiger partial charge in [0.25, 0.3) is 0 Å². The Labute approximate surface area is 206 Å². The normalized spacial score (nSPS) is 15.5. The Kier molecular flexibility index (Phi) is 6.14. The number of hydrogen-bond acceptors (Lipinski definition) is 3. The summed E-state index contributed by atoms with van der Waals surface area (Å²) in [5.41, 5.74) is 1.15. The summed E-state index contributed by atoms with van der Waals surface area (Å²) in [5, 5.41) is 5.81. The van der Waals surface area contributed by atoms with E-state index in [0.29, 0.717) is 27.2 Å². The molecule has 5 nitrogen and oxygen atoms in total. The number of carbonyl (C=O) groups is 2. The molecule has 0 spiro atoms. The molecule has 34 heavy (non-hydrogen) atoms. The van der Waals surface area contributed by atoms with Gasteiger partial charge in [0.2, 0.25) is 11.8 Å². The minimum absolute atomic E-state index is 0.109. The zero-order valence-electron chi connectivity index (χ0n) is 18.0. The molecule has 0 bridgehead atoms. The van der Waals surface area contributed by atoms with Crippen LogP contribution >= 0.6 is 23.2 Å². The van der Waals surface area contributed by atoms with Crippen LogP contribution in [-0.4, -0.2) is 18.4 Å². The minimum atomic E-state index is -0.490. The predicted molar refractivity (Wildman–Crippen MR) is 136 cm³/mol. The van der Waals surface area contributed by atoms with Gasteiger partial charge in [-0.25, -0.2) is 0 Å². The highest BCUT2D eigenvalue weighted by atomic mass is 35.5. The molecule has 1 saturated heterocycles. The molecule has 1 aliphatic heterocycles. The molecule has 0 aromatic heterocycles. The van der Waals surface area contributed by atoms with Crippen molar-refractivity contribution in [3.8, 4) is 11.5 Å². The van der Waals surface area contributed by atoms with E-state index in [1.54, 1.807) is 42.5 Å². The number of halogens is 2. The van der Waals surface area contributed by atoms with E-state index in [4.69, 9.17) is 27.9 Å². The van der Waals surface area contributed by atoms with E-state index in [-0.39, 0.29) is 24.8 Å². The molecule has 0 unspecified atom stereocenters. The van der Waals surface area contributed by atoms with Crippen LogP contribution in [0.5, 0.6) is 11.5 Å². The van der Waals surface area contributed by atoms with Gasteiger partial charge in [0.1, 0.15) is 11.5 Å². The summed E-state index contributed by atoms with van der Waals surface area (Å²) in [6, 6.07) is 26.3. The third-order valence-electron chi connectivity index (χ3n) is 5.80. The Morgan fingerprint density at radius 3 is 2.41 bits per heavy atom. The van der Waals surface area contributed by atoms with Crippen molar-refractivity contribution < 1.29 is 14.3 Å². The first-order valence-electron chi connectivity index (χ1n) is 10.8. The zero-order valence-corrected chi connectivity index (χ0v) is 19.5. The molecule has 0 radical (unpaired) electrons. The van der Waals surface area contributed by atoms with Crippen LogP contribution < -0.4 is 15.0 Å². The minimum Gasteiger partial charge on any atom is -0.457 e. The highest BCUT2D eigenvalue weighted by Gasteiger charge is 2.36. The van der Waals surface area contributed by atoms with Gasteiger partial charge in [-0.2, -0.15) is 0 Å². The second-order valence-corrected chi connectivity index (χ2v) is 8.89. The molecule has 4 aromatic carbocycles. The van der Waals surface area contributed by atoms with Crippen LogP contribution in [0.1, 0.15) is 6.42 Å². The van der Waals surface area contributed by atoms with Crippen LogP contribution in [0.4, 0.5) is 11.4 Å². The fourth-order valence-corrected chi connectivity index (χ4v) is 4.43. The molecule has 1 aliphatic rings. The summed E-state index contributed by atoms with van der Waals surface area (Å²) in [5.74, 6) is 0.516. The van der Waals surface area contributed by atoms with Gasteiger partial charge in [-0.15, -0.1) is 0 Å². The van der Waals surface area contributed by atoms with Gasteiger partial charge in [-0.05, 0) is 59.3 Å². The molecule has 0 saturated carbocycles. The van der Waals surface area contributed by atoms with Crippen molar-refractivity contribution in [1.82, 2.24) is 0 Å². The maximum Gasteiger partial charge on any atom is 0.229 e. The highest BCUT2D eigenvalue weighted by molar-refractivity contribution is 6.44. The first kappa shape index (κ1) is 22.3. The number of amides is 2. The molecule has 1 atom stereocenters. The van der Waals surface area contributed by atoms with Gasteiger partial charge in [-0.3, -0.25) is 9.59 Å². The molecular formula is C27H20Cl2N2O3. The number of benzene rings is 4. The molecule has 7 heteroatoms. The molecule has 0 aliphatic carbocycles. The van der Waals surface area contributed by atoms with Crippen molar-refractivity contribution in [2.24, 2.45) is 5.92 Å². The lowest BCUT2D eigenvalue weighted by molar-refractivity contribution is -0.122. The lowest BCUT2D eigenvalue weighted by Crippen LogP contribution is -2.28. The van der Waals surface area contributed by atoms with E-state index in [2.05, 4.69) is 11.4 Å². The number of nitrogens with zero attached hydrogens (tertiary/aromatic N) is 1. The van der Waals surface area contributed by atoms with E-state index in [1.165, 1.54) is 4.90 Å². The Bertz CT molecular complexity index is 1390. The fraction of sp³-hybridized carbons (Fsp3) is 0.111. The van der Waals surface area contributed by atoms with Crippen LogP contribution in [0.3, 0.4) is 0 Å². The molecule has 4 aromatic rings. The van der Waals surface area contributed by atoms with Crippen molar-refractivity contribution in [3.63, 3.8) is 0 Å². The van der Waals surface area contributed by atoms with Crippen LogP contribution in [0.15, 0.2) is 84.9 Å². The third-order valence-corrected chi connectivity index (χ3v) is 6.61. The van der Waals surface area contributed by atoms with Crippen LogP contribution in [0.25, 0.3) is 10.8 Å². The average Bonchev–Trinajstić information content (AvgIpc) is 3.23. The standard InChI is InChI=1S/C27H20Cl2N2O3/c28-23-6-3-7-24(26(23)29)31-16-19(15-25(31)32)27(33)30-20-9-12-21(13-10-20)34-22-11-8-17-4-1-2-5-18(17)14-22/h1-14,19H,15-16H2,(H,30,33)/t19-/m1/s1. The van der Waals surface area contributed by atoms with Crippen molar-refractivity contribution in [1.29, 1.82) is 0 Å². The molecule has 170 valence electrons. The Balaban J connectivity index is 1.23. The molecule has 5 rings (SSSR count). The van der Waals surface area contributed by atoms with Gasteiger partial charge in [0, 0.05) is 18.7 Å². The monoisotopic (exact) mass is 490 g/mol. The van der Waals surface area contributed by atoms with Gasteiger partial charge >= 0.3 is 0 Å². The van der Waals surface area contributed by atoms with E-state index >= 15 is 0 Å². The SMILES string of the molecule is O=C(Nc1ccc(Oc2ccc3ccccc3c2)cc1)[C@@H]1CC(=O)N(c2cccc(Cl)c2Cl)C1. The zero-order chi connectivity index (χ0) is 23.7. The van der Waals surface area contributed by atoms with E-state index in [0.717, 1.165) is 16.5 Å². The van der Waals surface area contributed by atoms with Crippen LogP contribution in [-0.2, 0) is 9.59 Å². The number of hydrogen-bond donors (Lipinski definition) is 1. The Morgan fingerprint density at radius 2 is 1.62 bits per heavy atom. The second kappa shape index (κ2) is 9.37. The first-order chi connectivity index (χ1) is 16.5. The molecule has 1 N–H and O–H groups in total. The summed E-state index contributed by atoms with van der Waals surface area (Å²) in [6.07, 6.45) is 0.109. The summed E-state index contributed by atoms with van der Waals surface area (Å²) >= 11 is 12.3. The number of anilines is 2. The van der Waals surface area contributed by atoms with E-state index in [9.17, 15) is 9.59 Å². The molecule has 1 fully saturated rings. The third kappa shape index (κ3) is 4.58. The largest absolute Gasteiger partial charge is 0.457 e. The smallest absolute Gasteiger partial charge is 0.229 e. The second-order valence-electron chi connectivity index (χ2n) is 8.10. The predicted octanol–water partition coefficient (Wildman–Crippen LogP) is 6.93. The van der Waals surface area contributed by atoms with Gasteiger partial charge in [-0.1, -0.05) is 59.6 Å². The van der Waals surface area contributed by atoms with Crippen LogP contribution in [0.2, 0.25) is 10.0 Å². The fourth-order valence-electron chi connectivity index (χ4n) is 4.03. The van der Waals surface area contributed by atoms with Crippen molar-refractivity contribution in [2.45, 2.75) is 6.42 Å². The van der Waals surface area contributed by atoms with E-state index in [1.807, 2.05) is 36.4 Å². The maximum atomic E-state index is 12.8.